The number of ether oxygens (including phenoxy) is 2. The Morgan fingerprint density at radius 3 is 2.52 bits per heavy atom. The Morgan fingerprint density at radius 2 is 1.90 bits per heavy atom. The Morgan fingerprint density at radius 1 is 1.17 bits per heavy atom. The third-order valence-electron chi connectivity index (χ3n) is 6.27. The predicted molar refractivity (Wildman–Crippen MR) is 106 cm³/mol. The number of carbonyl (C=O) groups is 3. The minimum atomic E-state index is -1.10. The van der Waals surface area contributed by atoms with Crippen molar-refractivity contribution in [3.05, 3.63) is 29.8 Å². The molecule has 7 heteroatoms. The van der Waals surface area contributed by atoms with Gasteiger partial charge in [-0.3, -0.25) is 14.5 Å². The monoisotopic (exact) mass is 403 g/mol. The van der Waals surface area contributed by atoms with Crippen molar-refractivity contribution in [2.24, 2.45) is 11.8 Å². The molecule has 3 rings (SSSR count). The molecule has 0 unspecified atom stereocenters. The first-order chi connectivity index (χ1) is 14.0. The lowest BCUT2D eigenvalue weighted by Crippen LogP contribution is -2.98. The quantitative estimate of drug-likeness (QED) is 0.524. The first-order valence-corrected chi connectivity index (χ1v) is 10.5. The van der Waals surface area contributed by atoms with Gasteiger partial charge >= 0.3 is 5.97 Å². The molecule has 1 aromatic carbocycles. The zero-order chi connectivity index (χ0) is 21.2. The van der Waals surface area contributed by atoms with Gasteiger partial charge in [0.2, 0.25) is 17.4 Å². The van der Waals surface area contributed by atoms with Crippen LogP contribution >= 0.6 is 0 Å². The fourth-order valence-electron chi connectivity index (χ4n) is 4.99. The van der Waals surface area contributed by atoms with Crippen molar-refractivity contribution in [2.45, 2.75) is 51.6 Å². The summed E-state index contributed by atoms with van der Waals surface area (Å²) in [5, 5.41) is 1.91. The number of carbonyl (C=O) groups excluding carboxylic acids is 3. The molecule has 2 amide bonds. The average Bonchev–Trinajstić information content (AvgIpc) is 3.20. The van der Waals surface area contributed by atoms with Crippen LogP contribution in [0.3, 0.4) is 0 Å². The van der Waals surface area contributed by atoms with Gasteiger partial charge in [-0.05, 0) is 32.4 Å². The summed E-state index contributed by atoms with van der Waals surface area (Å²) in [7, 11) is 1.58. The van der Waals surface area contributed by atoms with Crippen LogP contribution < -0.4 is 10.1 Å². The summed E-state index contributed by atoms with van der Waals surface area (Å²) in [5.41, 5.74) is -0.273. The third-order valence-corrected chi connectivity index (χ3v) is 6.27. The smallest absolute Gasteiger partial charge is 0.368 e. The Balaban J connectivity index is 2.16. The molecule has 1 aromatic rings. The van der Waals surface area contributed by atoms with Crippen LogP contribution in [0.1, 0.15) is 51.6 Å². The van der Waals surface area contributed by atoms with Crippen LogP contribution in [0.15, 0.2) is 24.3 Å². The molecule has 2 aliphatic heterocycles. The molecular formula is C22H31N2O5+. The number of nitrogens with zero attached hydrogens (tertiary/aromatic N) is 1. The number of esters is 1. The molecule has 158 valence electrons. The Labute approximate surface area is 171 Å². The number of amides is 2. The van der Waals surface area contributed by atoms with E-state index in [1.54, 1.807) is 21.0 Å². The largest absolute Gasteiger partial charge is 0.496 e. The number of para-hydroxylation sites is 1. The molecule has 29 heavy (non-hydrogen) atoms. The fourth-order valence-corrected chi connectivity index (χ4v) is 4.99. The van der Waals surface area contributed by atoms with Gasteiger partial charge in [0.1, 0.15) is 23.6 Å². The number of benzene rings is 1. The lowest BCUT2D eigenvalue weighted by atomic mass is 9.76. The van der Waals surface area contributed by atoms with E-state index < -0.39 is 23.3 Å². The van der Waals surface area contributed by atoms with Gasteiger partial charge in [-0.15, -0.1) is 0 Å². The predicted octanol–water partition coefficient (Wildman–Crippen LogP) is 1.43. The summed E-state index contributed by atoms with van der Waals surface area (Å²) in [6.07, 6.45) is 2.14. The molecule has 2 fully saturated rings. The van der Waals surface area contributed by atoms with Gasteiger partial charge in [0.15, 0.2) is 0 Å². The Kier molecular flexibility index (Phi) is 6.27. The number of hydrogen-bond acceptors (Lipinski definition) is 5. The summed E-state index contributed by atoms with van der Waals surface area (Å²) in [6, 6.07) is 7.11. The Hall–Kier alpha value is -2.41. The molecule has 0 aliphatic carbocycles. The van der Waals surface area contributed by atoms with Crippen LogP contribution in [0.2, 0.25) is 0 Å². The summed E-state index contributed by atoms with van der Waals surface area (Å²) in [6.45, 7) is 6.13. The van der Waals surface area contributed by atoms with Crippen LogP contribution in [-0.4, -0.2) is 48.5 Å². The van der Waals surface area contributed by atoms with Crippen molar-refractivity contribution in [3.8, 4) is 5.75 Å². The van der Waals surface area contributed by atoms with E-state index in [-0.39, 0.29) is 24.5 Å². The SMILES string of the molecule is CCCC[C@@]1(C(=O)OCC)[NH2+][C@@H](c2ccccc2OC)[C@H]2C(=O)N(CC)C(=O)[C@@H]21. The molecular weight excluding hydrogens is 372 g/mol. The van der Waals surface area contributed by atoms with E-state index in [0.29, 0.717) is 18.7 Å². The van der Waals surface area contributed by atoms with Gasteiger partial charge < -0.3 is 14.8 Å². The maximum absolute atomic E-state index is 13.3. The molecule has 2 N–H and O–H groups in total. The maximum atomic E-state index is 13.3. The van der Waals surface area contributed by atoms with E-state index in [1.807, 2.05) is 36.5 Å². The number of nitrogens with two attached hydrogens (primary N) is 1. The van der Waals surface area contributed by atoms with Crippen LogP contribution in [-0.2, 0) is 19.1 Å². The van der Waals surface area contributed by atoms with Gasteiger partial charge in [0.05, 0.1) is 19.3 Å². The zero-order valence-corrected chi connectivity index (χ0v) is 17.6. The van der Waals surface area contributed by atoms with Crippen LogP contribution in [0.5, 0.6) is 5.75 Å². The Bertz CT molecular complexity index is 795. The van der Waals surface area contributed by atoms with Gasteiger partial charge in [0, 0.05) is 13.0 Å². The van der Waals surface area contributed by atoms with Crippen LogP contribution in [0.4, 0.5) is 0 Å². The van der Waals surface area contributed by atoms with Gasteiger partial charge in [-0.1, -0.05) is 25.5 Å². The first-order valence-electron chi connectivity index (χ1n) is 10.5. The molecule has 0 spiro atoms. The topological polar surface area (TPSA) is 89.5 Å². The van der Waals surface area contributed by atoms with Crippen molar-refractivity contribution in [1.82, 2.24) is 4.90 Å². The minimum absolute atomic E-state index is 0.211. The minimum Gasteiger partial charge on any atom is -0.496 e. The van der Waals surface area contributed by atoms with Crippen LogP contribution in [0.25, 0.3) is 0 Å². The molecule has 7 nitrogen and oxygen atoms in total. The highest BCUT2D eigenvalue weighted by molar-refractivity contribution is 6.08. The number of imide groups is 1. The summed E-state index contributed by atoms with van der Waals surface area (Å²) in [4.78, 5) is 41.1. The standard InChI is InChI=1S/C22H30N2O5/c1-5-8-13-22(21(27)29-7-3)17-16(19(25)24(6-2)20(17)26)18(23-22)14-11-9-10-12-15(14)28-4/h9-12,16-18,23H,5-8,13H2,1-4H3/p+1/t16-,17+,18-,22+/m0/s1. The van der Waals surface area contributed by atoms with Crippen molar-refractivity contribution < 1.29 is 29.2 Å². The number of unbranched alkanes of at least 4 members (excludes halogenated alkanes) is 1. The number of methoxy groups -OCH3 is 1. The molecule has 2 saturated heterocycles. The molecule has 0 saturated carbocycles. The second-order valence-electron chi connectivity index (χ2n) is 7.72. The van der Waals surface area contributed by atoms with Crippen molar-refractivity contribution in [2.75, 3.05) is 20.3 Å². The first kappa shape index (κ1) is 21.3. The van der Waals surface area contributed by atoms with E-state index in [2.05, 4.69) is 0 Å². The number of likely N-dealkylation sites (tertiary alicyclic amines) is 1. The van der Waals surface area contributed by atoms with Crippen molar-refractivity contribution >= 4 is 17.8 Å². The van der Waals surface area contributed by atoms with Gasteiger partial charge in [0.25, 0.3) is 0 Å². The van der Waals surface area contributed by atoms with Gasteiger partial charge in [-0.25, -0.2) is 4.79 Å². The average molecular weight is 403 g/mol. The zero-order valence-electron chi connectivity index (χ0n) is 17.6. The van der Waals surface area contributed by atoms with Crippen molar-refractivity contribution in [1.29, 1.82) is 0 Å². The number of rotatable bonds is 8. The van der Waals surface area contributed by atoms with Crippen molar-refractivity contribution in [3.63, 3.8) is 0 Å². The molecule has 0 bridgehead atoms. The number of quaternary nitrogens is 1. The summed E-state index contributed by atoms with van der Waals surface area (Å²) >= 11 is 0. The molecule has 2 aliphatic rings. The molecule has 0 radical (unpaired) electrons. The van der Waals surface area contributed by atoms with E-state index in [9.17, 15) is 14.4 Å². The van der Waals surface area contributed by atoms with E-state index in [1.165, 1.54) is 4.90 Å². The lowest BCUT2D eigenvalue weighted by Gasteiger charge is -2.29. The lowest BCUT2D eigenvalue weighted by molar-refractivity contribution is -0.735. The normalized spacial score (nSPS) is 28.6. The second kappa shape index (κ2) is 8.53. The summed E-state index contributed by atoms with van der Waals surface area (Å²) in [5.74, 6) is -1.56. The van der Waals surface area contributed by atoms with Crippen LogP contribution in [0, 0.1) is 11.8 Å². The van der Waals surface area contributed by atoms with E-state index in [4.69, 9.17) is 9.47 Å². The highest BCUT2D eigenvalue weighted by Crippen LogP contribution is 2.47. The highest BCUT2D eigenvalue weighted by atomic mass is 16.5. The summed E-state index contributed by atoms with van der Waals surface area (Å²) < 4.78 is 11.0. The second-order valence-corrected chi connectivity index (χ2v) is 7.72. The van der Waals surface area contributed by atoms with E-state index in [0.717, 1.165) is 18.4 Å². The fraction of sp³-hybridized carbons (Fsp3) is 0.591. The van der Waals surface area contributed by atoms with E-state index >= 15 is 0 Å². The van der Waals surface area contributed by atoms with Gasteiger partial charge in [-0.2, -0.15) is 0 Å². The number of fused-ring (bicyclic) bond motifs is 1. The third kappa shape index (κ3) is 3.31. The maximum Gasteiger partial charge on any atom is 0.368 e. The molecule has 0 aromatic heterocycles. The number of hydrogen-bond donors (Lipinski definition) is 1. The highest BCUT2D eigenvalue weighted by Gasteiger charge is 2.72. The molecule has 2 heterocycles. The molecule has 4 atom stereocenters.